The Morgan fingerprint density at radius 3 is 2.57 bits per heavy atom. The summed E-state index contributed by atoms with van der Waals surface area (Å²) in [6.45, 7) is 7.52. The van der Waals surface area contributed by atoms with Gasteiger partial charge in [-0.1, -0.05) is 85.8 Å². The van der Waals surface area contributed by atoms with Crippen LogP contribution < -0.4 is 5.32 Å². The molecular formula is C19H26INO2. The summed E-state index contributed by atoms with van der Waals surface area (Å²) in [5, 5.41) is 2.81. The van der Waals surface area contributed by atoms with Gasteiger partial charge in [0.2, 0.25) is 5.91 Å². The first kappa shape index (κ1) is 19.9. The van der Waals surface area contributed by atoms with Gasteiger partial charge in [-0.05, 0) is 21.6 Å². The molecule has 0 heterocycles. The van der Waals surface area contributed by atoms with Crippen LogP contribution in [0, 0.1) is 11.8 Å². The Bertz CT molecular complexity index is 511. The highest BCUT2D eigenvalue weighted by Crippen LogP contribution is 2.19. The third kappa shape index (κ3) is 8.32. The predicted octanol–water partition coefficient (Wildman–Crippen LogP) is 4.49. The standard InChI is InChI=1S/C19H26INO2/c1-15(2)19(23-14-17-8-5-4-6-9-17)16(3)10-11-18(22)21-13-7-12-20/h4-12,15-16,19H,13-14H2,1-3H3,(H,21,22)/b11-10+,12-7+/t16-,19-/m1/s1. The molecule has 0 aliphatic heterocycles. The van der Waals surface area contributed by atoms with E-state index in [2.05, 4.69) is 60.8 Å². The summed E-state index contributed by atoms with van der Waals surface area (Å²) < 4.78 is 7.97. The van der Waals surface area contributed by atoms with Crippen LogP contribution in [0.2, 0.25) is 0 Å². The highest BCUT2D eigenvalue weighted by Gasteiger charge is 2.20. The molecule has 1 rings (SSSR count). The van der Waals surface area contributed by atoms with Gasteiger partial charge in [0.25, 0.3) is 0 Å². The first-order valence-electron chi connectivity index (χ1n) is 7.91. The van der Waals surface area contributed by atoms with E-state index < -0.39 is 0 Å². The molecule has 0 saturated carbocycles. The van der Waals surface area contributed by atoms with E-state index in [1.165, 1.54) is 0 Å². The molecule has 0 saturated heterocycles. The molecular weight excluding hydrogens is 401 g/mol. The van der Waals surface area contributed by atoms with Crippen LogP contribution in [0.1, 0.15) is 26.3 Å². The number of carbonyl (C=O) groups excluding carboxylic acids is 1. The lowest BCUT2D eigenvalue weighted by molar-refractivity contribution is -0.116. The molecule has 0 bridgehead atoms. The Balaban J connectivity index is 2.53. The van der Waals surface area contributed by atoms with Crippen molar-refractivity contribution in [2.75, 3.05) is 6.54 Å². The number of halogens is 1. The molecule has 1 aromatic rings. The third-order valence-corrected chi connectivity index (χ3v) is 4.00. The average Bonchev–Trinajstić information content (AvgIpc) is 2.54. The lowest BCUT2D eigenvalue weighted by Crippen LogP contribution is -2.27. The first-order chi connectivity index (χ1) is 11.0. The van der Waals surface area contributed by atoms with Crippen LogP contribution in [0.5, 0.6) is 0 Å². The lowest BCUT2D eigenvalue weighted by atomic mass is 9.94. The van der Waals surface area contributed by atoms with Gasteiger partial charge in [0, 0.05) is 12.5 Å². The fraction of sp³-hybridized carbons (Fsp3) is 0.421. The third-order valence-electron chi connectivity index (χ3n) is 3.49. The molecule has 2 atom stereocenters. The Kier molecular flexibility index (Phi) is 9.87. The minimum atomic E-state index is -0.0723. The molecule has 0 aromatic heterocycles. The summed E-state index contributed by atoms with van der Waals surface area (Å²) in [5.41, 5.74) is 1.16. The van der Waals surface area contributed by atoms with E-state index in [1.807, 2.05) is 34.4 Å². The van der Waals surface area contributed by atoms with Crippen molar-refractivity contribution in [2.24, 2.45) is 11.8 Å². The van der Waals surface area contributed by atoms with Gasteiger partial charge in [0.15, 0.2) is 0 Å². The van der Waals surface area contributed by atoms with Gasteiger partial charge < -0.3 is 10.1 Å². The molecule has 0 fully saturated rings. The van der Waals surface area contributed by atoms with Crippen molar-refractivity contribution in [1.29, 1.82) is 0 Å². The van der Waals surface area contributed by atoms with Gasteiger partial charge in [-0.3, -0.25) is 4.79 Å². The number of hydrogen-bond acceptors (Lipinski definition) is 2. The minimum absolute atomic E-state index is 0.0723. The number of ether oxygens (including phenoxy) is 1. The second-order valence-electron chi connectivity index (χ2n) is 5.83. The van der Waals surface area contributed by atoms with Gasteiger partial charge in [0.05, 0.1) is 12.7 Å². The van der Waals surface area contributed by atoms with Crippen LogP contribution in [0.3, 0.4) is 0 Å². The SMILES string of the molecule is CC(C)[C@@H](OCc1ccccc1)[C@H](C)/C=C/C(=O)NC/C=C/I. The Morgan fingerprint density at radius 2 is 1.96 bits per heavy atom. The first-order valence-corrected chi connectivity index (χ1v) is 9.16. The largest absolute Gasteiger partial charge is 0.373 e. The van der Waals surface area contributed by atoms with Gasteiger partial charge >= 0.3 is 0 Å². The summed E-state index contributed by atoms with van der Waals surface area (Å²) >= 11 is 2.13. The van der Waals surface area contributed by atoms with Crippen LogP contribution >= 0.6 is 22.6 Å². The zero-order valence-electron chi connectivity index (χ0n) is 14.0. The summed E-state index contributed by atoms with van der Waals surface area (Å²) in [6.07, 6.45) is 5.51. The molecule has 23 heavy (non-hydrogen) atoms. The molecule has 4 heteroatoms. The molecule has 0 radical (unpaired) electrons. The van der Waals surface area contributed by atoms with Crippen molar-refractivity contribution in [3.63, 3.8) is 0 Å². The van der Waals surface area contributed by atoms with Crippen LogP contribution in [-0.2, 0) is 16.1 Å². The van der Waals surface area contributed by atoms with Crippen molar-refractivity contribution < 1.29 is 9.53 Å². The zero-order valence-corrected chi connectivity index (χ0v) is 16.2. The molecule has 0 unspecified atom stereocenters. The number of carbonyl (C=O) groups is 1. The van der Waals surface area contributed by atoms with Gasteiger partial charge in [-0.15, -0.1) is 0 Å². The summed E-state index contributed by atoms with van der Waals surface area (Å²) in [5.74, 6) is 0.477. The summed E-state index contributed by atoms with van der Waals surface area (Å²) in [6, 6.07) is 10.2. The number of nitrogens with one attached hydrogen (secondary N) is 1. The molecule has 3 nitrogen and oxygen atoms in total. The van der Waals surface area contributed by atoms with Crippen molar-refractivity contribution in [2.45, 2.75) is 33.5 Å². The van der Waals surface area contributed by atoms with Crippen molar-refractivity contribution >= 4 is 28.5 Å². The second-order valence-corrected chi connectivity index (χ2v) is 6.55. The van der Waals surface area contributed by atoms with E-state index in [-0.39, 0.29) is 17.9 Å². The molecule has 0 aliphatic carbocycles. The quantitative estimate of drug-likeness (QED) is 0.466. The topological polar surface area (TPSA) is 38.3 Å². The number of benzene rings is 1. The smallest absolute Gasteiger partial charge is 0.243 e. The monoisotopic (exact) mass is 427 g/mol. The lowest BCUT2D eigenvalue weighted by Gasteiger charge is -2.26. The van der Waals surface area contributed by atoms with E-state index >= 15 is 0 Å². The van der Waals surface area contributed by atoms with E-state index in [0.717, 1.165) is 5.56 Å². The normalized spacial score (nSPS) is 14.5. The summed E-state index contributed by atoms with van der Waals surface area (Å²) in [7, 11) is 0. The maximum atomic E-state index is 11.7. The van der Waals surface area contributed by atoms with Crippen molar-refractivity contribution in [1.82, 2.24) is 5.32 Å². The molecule has 1 aromatic carbocycles. The predicted molar refractivity (Wildman–Crippen MR) is 104 cm³/mol. The highest BCUT2D eigenvalue weighted by molar-refractivity contribution is 14.1. The Hall–Kier alpha value is -1.14. The molecule has 1 amide bonds. The van der Waals surface area contributed by atoms with E-state index in [0.29, 0.717) is 19.1 Å². The van der Waals surface area contributed by atoms with Crippen LogP contribution in [-0.4, -0.2) is 18.6 Å². The van der Waals surface area contributed by atoms with E-state index in [9.17, 15) is 4.79 Å². The fourth-order valence-electron chi connectivity index (χ4n) is 2.33. The van der Waals surface area contributed by atoms with Crippen LogP contribution in [0.4, 0.5) is 0 Å². The number of amides is 1. The summed E-state index contributed by atoms with van der Waals surface area (Å²) in [4.78, 5) is 11.7. The number of rotatable bonds is 9. The zero-order chi connectivity index (χ0) is 17.1. The average molecular weight is 427 g/mol. The molecule has 0 aliphatic rings. The number of hydrogen-bond donors (Lipinski definition) is 1. The van der Waals surface area contributed by atoms with Crippen LogP contribution in [0.25, 0.3) is 0 Å². The molecule has 1 N–H and O–H groups in total. The second kappa shape index (κ2) is 11.4. The minimum Gasteiger partial charge on any atom is -0.373 e. The maximum absolute atomic E-state index is 11.7. The Labute approximate surface area is 153 Å². The Morgan fingerprint density at radius 1 is 1.26 bits per heavy atom. The van der Waals surface area contributed by atoms with Crippen LogP contribution in [0.15, 0.2) is 52.6 Å². The maximum Gasteiger partial charge on any atom is 0.243 e. The van der Waals surface area contributed by atoms with Crippen molar-refractivity contribution in [3.05, 3.63) is 58.2 Å². The van der Waals surface area contributed by atoms with Gasteiger partial charge in [0.1, 0.15) is 0 Å². The van der Waals surface area contributed by atoms with Gasteiger partial charge in [-0.25, -0.2) is 0 Å². The molecule has 126 valence electrons. The van der Waals surface area contributed by atoms with E-state index in [4.69, 9.17) is 4.74 Å². The highest BCUT2D eigenvalue weighted by atomic mass is 127. The van der Waals surface area contributed by atoms with Crippen molar-refractivity contribution in [3.8, 4) is 0 Å². The van der Waals surface area contributed by atoms with E-state index in [1.54, 1.807) is 6.08 Å². The molecule has 0 spiro atoms. The fourth-order valence-corrected chi connectivity index (χ4v) is 2.58. The van der Waals surface area contributed by atoms with Gasteiger partial charge in [-0.2, -0.15) is 0 Å².